The summed E-state index contributed by atoms with van der Waals surface area (Å²) in [4.78, 5) is 11.8. The maximum Gasteiger partial charge on any atom is 0.220 e. The van der Waals surface area contributed by atoms with Crippen molar-refractivity contribution in [1.82, 2.24) is 5.32 Å². The van der Waals surface area contributed by atoms with Crippen molar-refractivity contribution in [2.45, 2.75) is 142 Å². The molecule has 0 bridgehead atoms. The van der Waals surface area contributed by atoms with Crippen LogP contribution in [0.1, 0.15) is 129 Å². The molecule has 0 aromatic carbocycles. The first-order valence-electron chi connectivity index (χ1n) is 12.2. The largest absolute Gasteiger partial charge is 0.394 e. The zero-order valence-electron chi connectivity index (χ0n) is 18.9. The maximum absolute atomic E-state index is 11.8. The van der Waals surface area contributed by atoms with Gasteiger partial charge in [0, 0.05) is 6.42 Å². The third kappa shape index (κ3) is 17.5. The van der Waals surface area contributed by atoms with Crippen molar-refractivity contribution in [1.29, 1.82) is 0 Å². The highest BCUT2D eigenvalue weighted by Crippen LogP contribution is 2.14. The highest BCUT2D eigenvalue weighted by Gasteiger charge is 2.19. The zero-order valence-corrected chi connectivity index (χ0v) is 18.9. The van der Waals surface area contributed by atoms with Crippen LogP contribution >= 0.6 is 0 Å². The minimum atomic E-state index is -0.646. The third-order valence-electron chi connectivity index (χ3n) is 5.62. The predicted octanol–water partition coefficient (Wildman–Crippen LogP) is 5.89. The minimum absolute atomic E-state index is 0.0584. The standard InChI is InChI=1S/C24H49NO3/c1-3-5-7-8-9-10-11-12-13-14-15-16-18-19-23(27)22(21-26)25-24(28)20-17-6-4-2/h22-23,26-27H,3-21H2,1-2H3,(H,25,28)/t22-,23+/m0/s1. The molecule has 28 heavy (non-hydrogen) atoms. The molecule has 0 rings (SSSR count). The highest BCUT2D eigenvalue weighted by atomic mass is 16.3. The molecule has 0 aliphatic carbocycles. The lowest BCUT2D eigenvalue weighted by atomic mass is 10.0. The van der Waals surface area contributed by atoms with Gasteiger partial charge in [-0.1, -0.05) is 110 Å². The number of aliphatic hydroxyl groups is 2. The van der Waals surface area contributed by atoms with Crippen LogP contribution < -0.4 is 5.32 Å². The van der Waals surface area contributed by atoms with Gasteiger partial charge < -0.3 is 15.5 Å². The van der Waals surface area contributed by atoms with Gasteiger partial charge in [0.25, 0.3) is 0 Å². The molecule has 168 valence electrons. The van der Waals surface area contributed by atoms with E-state index >= 15 is 0 Å². The normalized spacial score (nSPS) is 13.4. The number of aliphatic hydroxyl groups excluding tert-OH is 2. The lowest BCUT2D eigenvalue weighted by Gasteiger charge is -2.22. The van der Waals surface area contributed by atoms with Crippen LogP contribution in [0.2, 0.25) is 0 Å². The van der Waals surface area contributed by atoms with Crippen LogP contribution in [0.3, 0.4) is 0 Å². The number of carbonyl (C=O) groups excluding carboxylic acids is 1. The molecule has 4 heteroatoms. The summed E-state index contributed by atoms with van der Waals surface area (Å²) in [5.41, 5.74) is 0. The van der Waals surface area contributed by atoms with E-state index in [0.29, 0.717) is 12.8 Å². The Morgan fingerprint density at radius 1 is 0.714 bits per heavy atom. The van der Waals surface area contributed by atoms with Gasteiger partial charge in [0.1, 0.15) is 0 Å². The van der Waals surface area contributed by atoms with Gasteiger partial charge in [-0.05, 0) is 12.8 Å². The summed E-state index contributed by atoms with van der Waals surface area (Å²) >= 11 is 0. The van der Waals surface area contributed by atoms with Crippen molar-refractivity contribution in [3.63, 3.8) is 0 Å². The summed E-state index contributed by atoms with van der Waals surface area (Å²) in [7, 11) is 0. The smallest absolute Gasteiger partial charge is 0.220 e. The molecular formula is C24H49NO3. The molecule has 0 spiro atoms. The molecule has 0 aromatic rings. The number of carbonyl (C=O) groups is 1. The molecule has 4 nitrogen and oxygen atoms in total. The van der Waals surface area contributed by atoms with Gasteiger partial charge in [-0.25, -0.2) is 0 Å². The Morgan fingerprint density at radius 2 is 1.14 bits per heavy atom. The van der Waals surface area contributed by atoms with Gasteiger partial charge in [-0.2, -0.15) is 0 Å². The monoisotopic (exact) mass is 399 g/mol. The van der Waals surface area contributed by atoms with Crippen LogP contribution in [0, 0.1) is 0 Å². The molecule has 0 saturated heterocycles. The molecule has 0 aliphatic heterocycles. The lowest BCUT2D eigenvalue weighted by molar-refractivity contribution is -0.123. The molecule has 0 fully saturated rings. The summed E-state index contributed by atoms with van der Waals surface area (Å²) < 4.78 is 0. The second-order valence-corrected chi connectivity index (χ2v) is 8.41. The van der Waals surface area contributed by atoms with Crippen LogP contribution in [-0.4, -0.2) is 34.9 Å². The first-order valence-corrected chi connectivity index (χ1v) is 12.2. The van der Waals surface area contributed by atoms with Gasteiger partial charge >= 0.3 is 0 Å². The van der Waals surface area contributed by atoms with E-state index in [1.54, 1.807) is 0 Å². The summed E-state index contributed by atoms with van der Waals surface area (Å²) in [6, 6.07) is -0.522. The van der Waals surface area contributed by atoms with Gasteiger partial charge in [-0.15, -0.1) is 0 Å². The number of unbranched alkanes of at least 4 members (excludes halogenated alkanes) is 14. The van der Waals surface area contributed by atoms with E-state index in [9.17, 15) is 15.0 Å². The average molecular weight is 400 g/mol. The van der Waals surface area contributed by atoms with E-state index in [-0.39, 0.29) is 12.5 Å². The Kier molecular flexibility index (Phi) is 20.6. The van der Waals surface area contributed by atoms with Crippen molar-refractivity contribution in [2.75, 3.05) is 6.61 Å². The first kappa shape index (κ1) is 27.4. The molecule has 0 saturated carbocycles. The van der Waals surface area contributed by atoms with E-state index in [1.807, 2.05) is 0 Å². The van der Waals surface area contributed by atoms with Crippen molar-refractivity contribution >= 4 is 5.91 Å². The topological polar surface area (TPSA) is 69.6 Å². The van der Waals surface area contributed by atoms with Gasteiger partial charge in [0.2, 0.25) is 5.91 Å². The summed E-state index contributed by atoms with van der Waals surface area (Å²) in [6.07, 6.45) is 20.4. The van der Waals surface area contributed by atoms with Crippen LogP contribution in [-0.2, 0) is 4.79 Å². The second-order valence-electron chi connectivity index (χ2n) is 8.41. The average Bonchev–Trinajstić information content (AvgIpc) is 2.69. The number of hydrogen-bond donors (Lipinski definition) is 3. The Morgan fingerprint density at radius 3 is 1.61 bits per heavy atom. The van der Waals surface area contributed by atoms with Gasteiger partial charge in [0.05, 0.1) is 18.8 Å². The predicted molar refractivity (Wildman–Crippen MR) is 119 cm³/mol. The summed E-state index contributed by atoms with van der Waals surface area (Å²) in [5.74, 6) is -0.0584. The molecule has 0 aliphatic rings. The van der Waals surface area contributed by atoms with E-state index in [0.717, 1.165) is 32.1 Å². The van der Waals surface area contributed by atoms with Crippen LogP contribution in [0.25, 0.3) is 0 Å². The minimum Gasteiger partial charge on any atom is -0.394 e. The SMILES string of the molecule is CCCCCCCCCCCCCCC[C@@H](O)[C@H](CO)NC(=O)CCCCC. The van der Waals surface area contributed by atoms with Crippen molar-refractivity contribution in [2.24, 2.45) is 0 Å². The fourth-order valence-corrected chi connectivity index (χ4v) is 3.65. The summed E-state index contributed by atoms with van der Waals surface area (Å²) in [5, 5.41) is 22.5. The van der Waals surface area contributed by atoms with E-state index in [1.165, 1.54) is 70.6 Å². The van der Waals surface area contributed by atoms with Crippen LogP contribution in [0.15, 0.2) is 0 Å². The number of nitrogens with one attached hydrogen (secondary N) is 1. The Balaban J connectivity index is 3.53. The lowest BCUT2D eigenvalue weighted by Crippen LogP contribution is -2.45. The van der Waals surface area contributed by atoms with E-state index < -0.39 is 12.1 Å². The van der Waals surface area contributed by atoms with Crippen molar-refractivity contribution < 1.29 is 15.0 Å². The number of rotatable bonds is 21. The Hall–Kier alpha value is -0.610. The zero-order chi connectivity index (χ0) is 20.9. The fraction of sp³-hybridized carbons (Fsp3) is 0.958. The molecular weight excluding hydrogens is 350 g/mol. The fourth-order valence-electron chi connectivity index (χ4n) is 3.65. The molecule has 2 atom stereocenters. The number of amides is 1. The summed E-state index contributed by atoms with van der Waals surface area (Å²) in [6.45, 7) is 4.17. The maximum atomic E-state index is 11.8. The Labute approximate surface area is 174 Å². The molecule has 0 heterocycles. The second kappa shape index (κ2) is 21.1. The first-order chi connectivity index (χ1) is 13.7. The van der Waals surface area contributed by atoms with E-state index in [2.05, 4.69) is 19.2 Å². The number of hydrogen-bond acceptors (Lipinski definition) is 3. The molecule has 1 amide bonds. The van der Waals surface area contributed by atoms with E-state index in [4.69, 9.17) is 0 Å². The molecule has 0 radical (unpaired) electrons. The molecule has 0 aromatic heterocycles. The molecule has 3 N–H and O–H groups in total. The quantitative estimate of drug-likeness (QED) is 0.211. The van der Waals surface area contributed by atoms with Gasteiger partial charge in [0.15, 0.2) is 0 Å². The Bertz CT molecular complexity index is 336. The van der Waals surface area contributed by atoms with Gasteiger partial charge in [-0.3, -0.25) is 4.79 Å². The van der Waals surface area contributed by atoms with Crippen molar-refractivity contribution in [3.8, 4) is 0 Å². The van der Waals surface area contributed by atoms with Crippen LogP contribution in [0.5, 0.6) is 0 Å². The highest BCUT2D eigenvalue weighted by molar-refractivity contribution is 5.76. The third-order valence-corrected chi connectivity index (χ3v) is 5.62. The van der Waals surface area contributed by atoms with Crippen molar-refractivity contribution in [3.05, 3.63) is 0 Å². The molecule has 0 unspecified atom stereocenters. The van der Waals surface area contributed by atoms with Crippen LogP contribution in [0.4, 0.5) is 0 Å².